The smallest absolute Gasteiger partial charge is 0.312 e. The number of carbonyl (C=O) groups excluding carboxylic acids is 2. The summed E-state index contributed by atoms with van der Waals surface area (Å²) in [6.45, 7) is 5.25. The van der Waals surface area contributed by atoms with Crippen molar-refractivity contribution in [2.24, 2.45) is 5.41 Å². The van der Waals surface area contributed by atoms with Crippen molar-refractivity contribution in [1.29, 1.82) is 0 Å². The molecule has 0 heterocycles. The van der Waals surface area contributed by atoms with Crippen LogP contribution in [-0.4, -0.2) is 31.9 Å². The summed E-state index contributed by atoms with van der Waals surface area (Å²) in [5.74, 6) is -0.512. The van der Waals surface area contributed by atoms with Gasteiger partial charge in [-0.15, -0.1) is 0 Å². The topological polar surface area (TPSA) is 69.7 Å². The first-order valence-corrected chi connectivity index (χ1v) is 8.73. The summed E-state index contributed by atoms with van der Waals surface area (Å²) in [5.41, 5.74) is -1.14. The first-order chi connectivity index (χ1) is 9.23. The number of ketones is 2. The van der Waals surface area contributed by atoms with Gasteiger partial charge in [0.05, 0.1) is 5.41 Å². The Morgan fingerprint density at radius 3 is 2.00 bits per heavy atom. The van der Waals surface area contributed by atoms with E-state index in [0.717, 1.165) is 25.7 Å². The number of hydrogen-bond donors (Lipinski definition) is 0. The van der Waals surface area contributed by atoms with Crippen molar-refractivity contribution in [3.63, 3.8) is 0 Å². The van der Waals surface area contributed by atoms with Gasteiger partial charge in [0.1, 0.15) is 11.9 Å². The van der Waals surface area contributed by atoms with Crippen LogP contribution in [0.3, 0.4) is 0 Å². The maximum atomic E-state index is 12.2. The molecular weight excluding hydrogens is 279 g/mol. The van der Waals surface area contributed by atoms with Crippen LogP contribution in [0.25, 0.3) is 0 Å². The molecule has 0 saturated carbocycles. The SMILES string of the molecule is CCCCCCC(=O)C(C)(C)C(=O)CP(=O)(OC)OC. The molecule has 0 N–H and O–H groups in total. The third-order valence-electron chi connectivity index (χ3n) is 3.55. The van der Waals surface area contributed by atoms with E-state index >= 15 is 0 Å². The number of rotatable bonds is 11. The zero-order valence-electron chi connectivity index (χ0n) is 13.2. The molecule has 0 atom stereocenters. The van der Waals surface area contributed by atoms with Crippen LogP contribution in [0.4, 0.5) is 0 Å². The predicted octanol–water partition coefficient (Wildman–Crippen LogP) is 3.61. The van der Waals surface area contributed by atoms with E-state index in [4.69, 9.17) is 9.05 Å². The average Bonchev–Trinajstić information content (AvgIpc) is 2.42. The Hall–Kier alpha value is -0.510. The standard InChI is InChI=1S/C14H27O5P/c1-6-7-8-9-10-12(15)14(2,3)13(16)11-20(17,18-4)19-5/h6-11H2,1-5H3. The van der Waals surface area contributed by atoms with E-state index in [9.17, 15) is 14.2 Å². The van der Waals surface area contributed by atoms with Crippen LogP contribution < -0.4 is 0 Å². The van der Waals surface area contributed by atoms with Gasteiger partial charge in [0.2, 0.25) is 0 Å². The Morgan fingerprint density at radius 1 is 1.00 bits per heavy atom. The molecule has 0 amide bonds. The lowest BCUT2D eigenvalue weighted by Crippen LogP contribution is -2.35. The van der Waals surface area contributed by atoms with Crippen molar-refractivity contribution in [3.05, 3.63) is 0 Å². The van der Waals surface area contributed by atoms with Crippen molar-refractivity contribution < 1.29 is 23.2 Å². The summed E-state index contributed by atoms with van der Waals surface area (Å²) in [4.78, 5) is 24.3. The van der Waals surface area contributed by atoms with E-state index in [0.29, 0.717) is 6.42 Å². The Kier molecular flexibility index (Phi) is 8.48. The van der Waals surface area contributed by atoms with Crippen LogP contribution in [0.2, 0.25) is 0 Å². The summed E-state index contributed by atoms with van der Waals surface area (Å²) in [6.07, 6.45) is 3.97. The fourth-order valence-corrected chi connectivity index (χ4v) is 2.91. The van der Waals surface area contributed by atoms with Gasteiger partial charge in [0, 0.05) is 20.6 Å². The van der Waals surface area contributed by atoms with E-state index < -0.39 is 18.8 Å². The molecule has 118 valence electrons. The largest absolute Gasteiger partial charge is 0.337 e. The van der Waals surface area contributed by atoms with Gasteiger partial charge in [0.25, 0.3) is 0 Å². The van der Waals surface area contributed by atoms with Gasteiger partial charge < -0.3 is 9.05 Å². The summed E-state index contributed by atoms with van der Waals surface area (Å²) in [6, 6.07) is 0. The van der Waals surface area contributed by atoms with Gasteiger partial charge >= 0.3 is 7.60 Å². The predicted molar refractivity (Wildman–Crippen MR) is 79.0 cm³/mol. The van der Waals surface area contributed by atoms with Gasteiger partial charge in [-0.2, -0.15) is 0 Å². The van der Waals surface area contributed by atoms with E-state index in [1.807, 2.05) is 0 Å². The highest BCUT2D eigenvalue weighted by atomic mass is 31.2. The van der Waals surface area contributed by atoms with Crippen molar-refractivity contribution in [2.45, 2.75) is 52.9 Å². The lowest BCUT2D eigenvalue weighted by Gasteiger charge is -2.23. The third kappa shape index (κ3) is 5.86. The lowest BCUT2D eigenvalue weighted by molar-refractivity contribution is -0.137. The molecule has 0 aromatic heterocycles. The summed E-state index contributed by atoms with van der Waals surface area (Å²) in [5, 5.41) is 0. The maximum absolute atomic E-state index is 12.2. The molecule has 0 aromatic rings. The van der Waals surface area contributed by atoms with E-state index in [1.54, 1.807) is 13.8 Å². The Morgan fingerprint density at radius 2 is 1.55 bits per heavy atom. The zero-order valence-corrected chi connectivity index (χ0v) is 14.1. The molecule has 0 spiro atoms. The summed E-state index contributed by atoms with van der Waals surface area (Å²) in [7, 11) is -0.945. The van der Waals surface area contributed by atoms with E-state index in [-0.39, 0.29) is 11.9 Å². The van der Waals surface area contributed by atoms with E-state index in [1.165, 1.54) is 14.2 Å². The second-order valence-electron chi connectivity index (χ2n) is 5.42. The average molecular weight is 306 g/mol. The first-order valence-electron chi connectivity index (χ1n) is 7.00. The molecule has 0 aromatic carbocycles. The van der Waals surface area contributed by atoms with Crippen LogP contribution >= 0.6 is 7.60 Å². The Balaban J connectivity index is 4.57. The minimum Gasteiger partial charge on any atom is -0.312 e. The second-order valence-corrected chi connectivity index (χ2v) is 7.68. The van der Waals surface area contributed by atoms with Crippen LogP contribution in [0.1, 0.15) is 52.9 Å². The molecule has 0 saturated heterocycles. The molecule has 0 fully saturated rings. The molecule has 5 nitrogen and oxygen atoms in total. The normalized spacial score (nSPS) is 12.4. The second kappa shape index (κ2) is 8.71. The molecule has 0 unspecified atom stereocenters. The van der Waals surface area contributed by atoms with Gasteiger partial charge in [-0.25, -0.2) is 0 Å². The van der Waals surface area contributed by atoms with Gasteiger partial charge in [0.15, 0.2) is 5.78 Å². The molecule has 0 radical (unpaired) electrons. The molecule has 0 aliphatic heterocycles. The van der Waals surface area contributed by atoms with Crippen LogP contribution in [-0.2, 0) is 23.2 Å². The quantitative estimate of drug-likeness (QED) is 0.331. The molecule has 20 heavy (non-hydrogen) atoms. The number of hydrogen-bond acceptors (Lipinski definition) is 5. The van der Waals surface area contributed by atoms with Gasteiger partial charge in [-0.05, 0) is 20.3 Å². The summed E-state index contributed by atoms with van der Waals surface area (Å²) < 4.78 is 21.4. The number of carbonyl (C=O) groups is 2. The van der Waals surface area contributed by atoms with Gasteiger partial charge in [-0.3, -0.25) is 14.2 Å². The minimum absolute atomic E-state index is 0.114. The Bertz CT molecular complexity index is 368. The fraction of sp³-hybridized carbons (Fsp3) is 0.857. The monoisotopic (exact) mass is 306 g/mol. The van der Waals surface area contributed by atoms with Gasteiger partial charge in [-0.1, -0.05) is 26.2 Å². The van der Waals surface area contributed by atoms with Crippen LogP contribution in [0, 0.1) is 5.41 Å². The molecular formula is C14H27O5P. The number of Topliss-reactive ketones (excluding diaryl/α,β-unsaturated/α-hetero) is 2. The highest BCUT2D eigenvalue weighted by molar-refractivity contribution is 7.54. The molecule has 0 aliphatic carbocycles. The van der Waals surface area contributed by atoms with Crippen molar-refractivity contribution in [1.82, 2.24) is 0 Å². The van der Waals surface area contributed by atoms with Crippen molar-refractivity contribution in [2.75, 3.05) is 20.4 Å². The maximum Gasteiger partial charge on any atom is 0.337 e. The zero-order chi connectivity index (χ0) is 15.8. The fourth-order valence-electron chi connectivity index (χ4n) is 1.76. The molecule has 0 bridgehead atoms. The highest BCUT2D eigenvalue weighted by Crippen LogP contribution is 2.47. The number of unbranched alkanes of at least 4 members (excludes halogenated alkanes) is 3. The van der Waals surface area contributed by atoms with Crippen LogP contribution in [0.5, 0.6) is 0 Å². The third-order valence-corrected chi connectivity index (χ3v) is 5.33. The van der Waals surface area contributed by atoms with Crippen molar-refractivity contribution in [3.8, 4) is 0 Å². The Labute approximate surface area is 121 Å². The molecule has 6 heteroatoms. The minimum atomic E-state index is -3.41. The van der Waals surface area contributed by atoms with Crippen molar-refractivity contribution >= 4 is 19.2 Å². The highest BCUT2D eigenvalue weighted by Gasteiger charge is 2.39. The van der Waals surface area contributed by atoms with E-state index in [2.05, 4.69) is 6.92 Å². The lowest BCUT2D eigenvalue weighted by atomic mass is 9.82. The van der Waals surface area contributed by atoms with Crippen LogP contribution in [0.15, 0.2) is 0 Å². The molecule has 0 aliphatic rings. The molecule has 0 rings (SSSR count). The summed E-state index contributed by atoms with van der Waals surface area (Å²) >= 11 is 0. The first kappa shape index (κ1) is 19.5.